The minimum Gasteiger partial charge on any atom is -1.00 e. The van der Waals surface area contributed by atoms with E-state index in [0.717, 1.165) is 5.92 Å². The Balaban J connectivity index is -0.000000308. The summed E-state index contributed by atoms with van der Waals surface area (Å²) in [4.78, 5) is 0. The van der Waals surface area contributed by atoms with Gasteiger partial charge in [0.25, 0.3) is 0 Å². The Morgan fingerprint density at radius 1 is 0.870 bits per heavy atom. The first kappa shape index (κ1) is 28.0. The molecule has 128 valence electrons. The van der Waals surface area contributed by atoms with Gasteiger partial charge in [-0.15, -0.1) is 0 Å². The first-order valence-electron chi connectivity index (χ1n) is 7.74. The summed E-state index contributed by atoms with van der Waals surface area (Å²) >= 11 is 0. The molecule has 0 aliphatic carbocycles. The van der Waals surface area contributed by atoms with Gasteiger partial charge in [-0.1, -0.05) is 61.3 Å². The largest absolute Gasteiger partial charge is 4.00 e. The molecule has 0 aliphatic rings. The van der Waals surface area contributed by atoms with E-state index in [1.807, 2.05) is 0 Å². The quantitative estimate of drug-likeness (QED) is 0.597. The molecule has 2 aromatic carbocycles. The van der Waals surface area contributed by atoms with Crippen LogP contribution in [0.25, 0.3) is 0 Å². The number of hydrogen-bond donors (Lipinski definition) is 0. The molecule has 0 atom stereocenters. The Morgan fingerprint density at radius 3 is 1.52 bits per heavy atom. The number of aryl methyl sites for hydroxylation is 1. The minimum atomic E-state index is 0. The molecule has 0 spiro atoms. The maximum absolute atomic E-state index is 2.27. The van der Waals surface area contributed by atoms with Gasteiger partial charge in [0.1, 0.15) is 0 Å². The Labute approximate surface area is 175 Å². The van der Waals surface area contributed by atoms with E-state index >= 15 is 0 Å². The van der Waals surface area contributed by atoms with Gasteiger partial charge in [0, 0.05) is 0 Å². The van der Waals surface area contributed by atoms with Crippen molar-refractivity contribution < 1.29 is 51.0 Å². The van der Waals surface area contributed by atoms with Crippen molar-refractivity contribution in [3.8, 4) is 0 Å². The summed E-state index contributed by atoms with van der Waals surface area (Å²) in [5.74, 6) is 0.829. The van der Waals surface area contributed by atoms with Crippen LogP contribution in [0.3, 0.4) is 0 Å². The molecule has 0 bridgehead atoms. The second kappa shape index (κ2) is 13.5. The van der Waals surface area contributed by atoms with Gasteiger partial charge in [-0.3, -0.25) is 0 Å². The molecule has 0 fully saturated rings. The van der Waals surface area contributed by atoms with Gasteiger partial charge in [-0.25, -0.2) is 12.1 Å². The molecule has 0 radical (unpaired) electrons. The van der Waals surface area contributed by atoms with Crippen molar-refractivity contribution in [2.24, 2.45) is 5.92 Å². The molecule has 2 aromatic rings. The summed E-state index contributed by atoms with van der Waals surface area (Å²) < 4.78 is 0. The van der Waals surface area contributed by atoms with E-state index in [0.29, 0.717) is 0 Å². The van der Waals surface area contributed by atoms with Crippen molar-refractivity contribution in [1.29, 1.82) is 0 Å². The molecular weight excluding hydrogens is 402 g/mol. The first-order valence-corrected chi connectivity index (χ1v) is 7.74. The van der Waals surface area contributed by atoms with Crippen LogP contribution in [0.5, 0.6) is 0 Å². The Bertz CT molecular complexity index is 442. The fourth-order valence-corrected chi connectivity index (χ4v) is 2.44. The van der Waals surface area contributed by atoms with Crippen LogP contribution < -0.4 is 24.8 Å². The zero-order valence-electron chi connectivity index (χ0n) is 15.6. The smallest absolute Gasteiger partial charge is 1.00 e. The van der Waals surface area contributed by atoms with Crippen LogP contribution in [0.4, 0.5) is 0 Å². The van der Waals surface area contributed by atoms with Crippen LogP contribution in [0.1, 0.15) is 53.6 Å². The summed E-state index contributed by atoms with van der Waals surface area (Å²) in [5, 5.41) is 0. The number of hydrogen-bond acceptors (Lipinski definition) is 0. The molecular formula is C20H30Cl2Zr. The SMILES string of the molecule is CC(C)CC[c-]1cccc1.Cc1c(C)c(C)[c-](C)c1C.[Cl-].[Cl-].[Zr+4]. The Hall–Kier alpha value is 0.163. The zero-order valence-corrected chi connectivity index (χ0v) is 19.5. The van der Waals surface area contributed by atoms with Crippen molar-refractivity contribution in [2.45, 2.75) is 61.3 Å². The molecule has 0 saturated heterocycles. The molecule has 0 amide bonds. The second-order valence-corrected chi connectivity index (χ2v) is 6.35. The molecule has 0 heterocycles. The molecule has 0 saturated carbocycles. The summed E-state index contributed by atoms with van der Waals surface area (Å²) in [6, 6.07) is 8.61. The van der Waals surface area contributed by atoms with Crippen molar-refractivity contribution >= 4 is 0 Å². The van der Waals surface area contributed by atoms with Gasteiger partial charge in [-0.2, -0.15) is 45.5 Å². The Morgan fingerprint density at radius 2 is 1.26 bits per heavy atom. The van der Waals surface area contributed by atoms with Gasteiger partial charge < -0.3 is 24.8 Å². The van der Waals surface area contributed by atoms with E-state index in [9.17, 15) is 0 Å². The van der Waals surface area contributed by atoms with E-state index < -0.39 is 0 Å². The normalized spacial score (nSPS) is 9.22. The van der Waals surface area contributed by atoms with Gasteiger partial charge >= 0.3 is 26.2 Å². The average molecular weight is 433 g/mol. The van der Waals surface area contributed by atoms with Crippen LogP contribution in [0, 0.1) is 40.5 Å². The summed E-state index contributed by atoms with van der Waals surface area (Å²) in [6.45, 7) is 15.5. The van der Waals surface area contributed by atoms with E-state index in [1.54, 1.807) is 0 Å². The Kier molecular flexibility index (Phi) is 16.4. The second-order valence-electron chi connectivity index (χ2n) is 6.35. The maximum Gasteiger partial charge on any atom is 4.00 e. The zero-order chi connectivity index (χ0) is 15.3. The standard InChI is InChI=1S/2C10H15.2ClH.Zr/c1-6-7(2)9(4)10(5)8(6)3;1-9(2)7-8-10-5-3-4-6-10;;;/h1-5H3;3-6,9H,7-8H2,1-2H3;2*1H;/q2*-1;;;+4/p-2. The predicted octanol–water partition coefficient (Wildman–Crippen LogP) is -0.0528. The molecule has 0 aromatic heterocycles. The predicted molar refractivity (Wildman–Crippen MR) is 90.9 cm³/mol. The monoisotopic (exact) mass is 430 g/mol. The van der Waals surface area contributed by atoms with Crippen molar-refractivity contribution in [3.05, 3.63) is 57.6 Å². The maximum atomic E-state index is 2.27. The molecule has 3 heteroatoms. The van der Waals surface area contributed by atoms with E-state index in [4.69, 9.17) is 0 Å². The van der Waals surface area contributed by atoms with E-state index in [1.165, 1.54) is 46.2 Å². The molecule has 0 N–H and O–H groups in total. The van der Waals surface area contributed by atoms with Crippen LogP contribution >= 0.6 is 0 Å². The third-order valence-corrected chi connectivity index (χ3v) is 4.55. The third-order valence-electron chi connectivity index (χ3n) is 4.55. The summed E-state index contributed by atoms with van der Waals surface area (Å²) in [7, 11) is 0. The number of halogens is 2. The number of rotatable bonds is 3. The van der Waals surface area contributed by atoms with Gasteiger partial charge in [0.05, 0.1) is 0 Å². The van der Waals surface area contributed by atoms with Gasteiger partial charge in [0.15, 0.2) is 0 Å². The van der Waals surface area contributed by atoms with Crippen LogP contribution in [0.15, 0.2) is 24.3 Å². The van der Waals surface area contributed by atoms with Crippen LogP contribution in [0.2, 0.25) is 0 Å². The van der Waals surface area contributed by atoms with E-state index in [2.05, 4.69) is 72.7 Å². The summed E-state index contributed by atoms with van der Waals surface area (Å²) in [5.41, 5.74) is 8.82. The minimum absolute atomic E-state index is 0. The van der Waals surface area contributed by atoms with Crippen LogP contribution in [-0.4, -0.2) is 0 Å². The van der Waals surface area contributed by atoms with Crippen molar-refractivity contribution in [3.63, 3.8) is 0 Å². The van der Waals surface area contributed by atoms with Gasteiger partial charge in [-0.05, 0) is 5.92 Å². The van der Waals surface area contributed by atoms with Crippen molar-refractivity contribution in [2.75, 3.05) is 0 Å². The third kappa shape index (κ3) is 8.71. The van der Waals surface area contributed by atoms with Crippen molar-refractivity contribution in [1.82, 2.24) is 0 Å². The average Bonchev–Trinajstić information content (AvgIpc) is 2.99. The molecule has 0 aliphatic heterocycles. The van der Waals surface area contributed by atoms with Crippen LogP contribution in [-0.2, 0) is 32.6 Å². The molecule has 2 rings (SSSR count). The first-order chi connectivity index (χ1) is 9.34. The van der Waals surface area contributed by atoms with Gasteiger partial charge in [0.2, 0.25) is 0 Å². The molecule has 0 unspecified atom stereocenters. The molecule has 0 nitrogen and oxygen atoms in total. The fraction of sp³-hybridized carbons (Fsp3) is 0.500. The fourth-order valence-electron chi connectivity index (χ4n) is 2.44. The molecule has 23 heavy (non-hydrogen) atoms. The summed E-state index contributed by atoms with van der Waals surface area (Å²) in [6.07, 6.45) is 2.55. The topological polar surface area (TPSA) is 0 Å². The van der Waals surface area contributed by atoms with E-state index in [-0.39, 0.29) is 51.0 Å².